The van der Waals surface area contributed by atoms with Crippen LogP contribution in [-0.2, 0) is 6.54 Å². The summed E-state index contributed by atoms with van der Waals surface area (Å²) < 4.78 is 0. The maximum Gasteiger partial charge on any atom is 0.0705 e. The van der Waals surface area contributed by atoms with Gasteiger partial charge in [-0.15, -0.1) is 0 Å². The van der Waals surface area contributed by atoms with Gasteiger partial charge in [0.25, 0.3) is 0 Å². The fourth-order valence-corrected chi connectivity index (χ4v) is 2.73. The van der Waals surface area contributed by atoms with Crippen LogP contribution >= 0.6 is 0 Å². The van der Waals surface area contributed by atoms with Gasteiger partial charge in [-0.05, 0) is 37.6 Å². The third-order valence-electron chi connectivity index (χ3n) is 3.92. The normalized spacial score (nSPS) is 20.8. The van der Waals surface area contributed by atoms with Crippen molar-refractivity contribution in [3.8, 4) is 0 Å². The number of aromatic nitrogens is 1. The largest absolute Gasteiger partial charge is 0.314 e. The van der Waals surface area contributed by atoms with Crippen molar-refractivity contribution in [3.05, 3.63) is 41.6 Å². The van der Waals surface area contributed by atoms with E-state index in [2.05, 4.69) is 52.5 Å². The van der Waals surface area contributed by atoms with E-state index in [4.69, 9.17) is 0 Å². The topological polar surface area (TPSA) is 28.2 Å². The summed E-state index contributed by atoms with van der Waals surface area (Å²) in [5.41, 5.74) is 3.56. The summed E-state index contributed by atoms with van der Waals surface area (Å²) >= 11 is 0. The molecule has 0 aliphatic carbocycles. The summed E-state index contributed by atoms with van der Waals surface area (Å²) in [7, 11) is 0. The lowest BCUT2D eigenvalue weighted by molar-refractivity contribution is 0.165. The van der Waals surface area contributed by atoms with E-state index in [9.17, 15) is 0 Å². The van der Waals surface area contributed by atoms with Crippen LogP contribution < -0.4 is 5.32 Å². The molecule has 2 heterocycles. The summed E-state index contributed by atoms with van der Waals surface area (Å²) in [5, 5.41) is 4.68. The van der Waals surface area contributed by atoms with Crippen LogP contribution in [0.15, 0.2) is 30.3 Å². The maximum atomic E-state index is 4.55. The molecule has 0 spiro atoms. The Balaban J connectivity index is 1.83. The summed E-state index contributed by atoms with van der Waals surface area (Å²) in [5.74, 6) is 0. The molecule has 2 aromatic rings. The van der Waals surface area contributed by atoms with Crippen LogP contribution in [0.1, 0.15) is 18.2 Å². The molecule has 3 heteroatoms. The zero-order valence-electron chi connectivity index (χ0n) is 11.7. The van der Waals surface area contributed by atoms with Gasteiger partial charge in [0, 0.05) is 43.3 Å². The smallest absolute Gasteiger partial charge is 0.0705 e. The number of aryl methyl sites for hydroxylation is 1. The number of piperazine rings is 1. The lowest BCUT2D eigenvalue weighted by Crippen LogP contribution is -2.49. The van der Waals surface area contributed by atoms with Crippen molar-refractivity contribution in [1.29, 1.82) is 0 Å². The fraction of sp³-hybridized carbons (Fsp3) is 0.438. The Kier molecular flexibility index (Phi) is 3.49. The molecule has 0 amide bonds. The first-order chi connectivity index (χ1) is 9.22. The molecule has 0 radical (unpaired) electrons. The molecule has 3 nitrogen and oxygen atoms in total. The first kappa shape index (κ1) is 12.6. The van der Waals surface area contributed by atoms with Gasteiger partial charge in [-0.25, -0.2) is 0 Å². The van der Waals surface area contributed by atoms with Crippen molar-refractivity contribution >= 4 is 10.9 Å². The lowest BCUT2D eigenvalue weighted by atomic mass is 10.1. The Hall–Kier alpha value is -1.45. The van der Waals surface area contributed by atoms with Gasteiger partial charge in [0.1, 0.15) is 0 Å². The second-order valence-electron chi connectivity index (χ2n) is 5.50. The van der Waals surface area contributed by atoms with Crippen molar-refractivity contribution < 1.29 is 0 Å². The molecular formula is C16H21N3. The number of nitrogens with zero attached hydrogens (tertiary/aromatic N) is 2. The highest BCUT2D eigenvalue weighted by Gasteiger charge is 2.17. The summed E-state index contributed by atoms with van der Waals surface area (Å²) in [6.45, 7) is 8.68. The minimum Gasteiger partial charge on any atom is -0.314 e. The first-order valence-corrected chi connectivity index (χ1v) is 7.03. The van der Waals surface area contributed by atoms with Crippen LogP contribution in [0.3, 0.4) is 0 Å². The summed E-state index contributed by atoms with van der Waals surface area (Å²) in [6, 6.07) is 11.5. The number of nitrogens with one attached hydrogen (secondary N) is 1. The van der Waals surface area contributed by atoms with Crippen LogP contribution in [-0.4, -0.2) is 35.6 Å². The molecule has 1 unspecified atom stereocenters. The fourth-order valence-electron chi connectivity index (χ4n) is 2.73. The molecular weight excluding hydrogens is 234 g/mol. The Bertz CT molecular complexity index is 579. The third kappa shape index (κ3) is 2.77. The molecule has 1 fully saturated rings. The van der Waals surface area contributed by atoms with Crippen molar-refractivity contribution in [1.82, 2.24) is 15.2 Å². The van der Waals surface area contributed by atoms with Gasteiger partial charge in [0.2, 0.25) is 0 Å². The molecule has 1 atom stereocenters. The standard InChI is InChI=1S/C16H21N3/c1-12-3-5-15-9-14(4-6-16(15)18-12)11-19-8-7-17-10-13(19)2/h3-6,9,13,17H,7-8,10-11H2,1-2H3. The molecule has 1 aliphatic rings. The highest BCUT2D eigenvalue weighted by atomic mass is 15.2. The Labute approximate surface area is 114 Å². The molecule has 1 aliphatic heterocycles. The van der Waals surface area contributed by atoms with E-state index in [1.807, 2.05) is 6.92 Å². The number of fused-ring (bicyclic) bond motifs is 1. The molecule has 0 saturated carbocycles. The quantitative estimate of drug-likeness (QED) is 0.892. The monoisotopic (exact) mass is 255 g/mol. The van der Waals surface area contributed by atoms with Gasteiger partial charge < -0.3 is 5.32 Å². The van der Waals surface area contributed by atoms with E-state index < -0.39 is 0 Å². The van der Waals surface area contributed by atoms with E-state index in [1.165, 1.54) is 10.9 Å². The van der Waals surface area contributed by atoms with Crippen LogP contribution in [0.4, 0.5) is 0 Å². The predicted molar refractivity (Wildman–Crippen MR) is 79.2 cm³/mol. The van der Waals surface area contributed by atoms with Gasteiger partial charge >= 0.3 is 0 Å². The zero-order valence-corrected chi connectivity index (χ0v) is 11.7. The molecule has 1 aromatic carbocycles. The number of rotatable bonds is 2. The van der Waals surface area contributed by atoms with Gasteiger partial charge in [-0.3, -0.25) is 9.88 Å². The second kappa shape index (κ2) is 5.27. The first-order valence-electron chi connectivity index (χ1n) is 7.03. The SMILES string of the molecule is Cc1ccc2cc(CN3CCNCC3C)ccc2n1. The summed E-state index contributed by atoms with van der Waals surface area (Å²) in [6.07, 6.45) is 0. The van der Waals surface area contributed by atoms with Crippen molar-refractivity contribution in [3.63, 3.8) is 0 Å². The van der Waals surface area contributed by atoms with Crippen LogP contribution in [0.25, 0.3) is 10.9 Å². The number of hydrogen-bond donors (Lipinski definition) is 1. The van der Waals surface area contributed by atoms with Crippen LogP contribution in [0.5, 0.6) is 0 Å². The average molecular weight is 255 g/mol. The summed E-state index contributed by atoms with van der Waals surface area (Å²) in [4.78, 5) is 7.10. The van der Waals surface area contributed by atoms with Gasteiger partial charge in [-0.2, -0.15) is 0 Å². The molecule has 100 valence electrons. The Morgan fingerprint density at radius 1 is 1.32 bits per heavy atom. The average Bonchev–Trinajstić information content (AvgIpc) is 2.41. The van der Waals surface area contributed by atoms with Crippen LogP contribution in [0.2, 0.25) is 0 Å². The second-order valence-corrected chi connectivity index (χ2v) is 5.50. The Morgan fingerprint density at radius 2 is 2.21 bits per heavy atom. The zero-order chi connectivity index (χ0) is 13.2. The lowest BCUT2D eigenvalue weighted by Gasteiger charge is -2.33. The number of pyridine rings is 1. The number of hydrogen-bond acceptors (Lipinski definition) is 3. The molecule has 3 rings (SSSR count). The van der Waals surface area contributed by atoms with Gasteiger partial charge in [0.05, 0.1) is 5.52 Å². The number of benzene rings is 1. The Morgan fingerprint density at radius 3 is 3.05 bits per heavy atom. The molecule has 0 bridgehead atoms. The molecule has 1 aromatic heterocycles. The minimum absolute atomic E-state index is 0.612. The molecule has 19 heavy (non-hydrogen) atoms. The van der Waals surface area contributed by atoms with Crippen LogP contribution in [0, 0.1) is 6.92 Å². The highest BCUT2D eigenvalue weighted by Crippen LogP contribution is 2.17. The highest BCUT2D eigenvalue weighted by molar-refractivity contribution is 5.79. The molecule has 1 saturated heterocycles. The maximum absolute atomic E-state index is 4.55. The minimum atomic E-state index is 0.612. The van der Waals surface area contributed by atoms with E-state index in [0.717, 1.165) is 37.4 Å². The molecule has 1 N–H and O–H groups in total. The van der Waals surface area contributed by atoms with Crippen molar-refractivity contribution in [2.24, 2.45) is 0 Å². The van der Waals surface area contributed by atoms with E-state index in [-0.39, 0.29) is 0 Å². The van der Waals surface area contributed by atoms with Crippen molar-refractivity contribution in [2.75, 3.05) is 19.6 Å². The van der Waals surface area contributed by atoms with E-state index >= 15 is 0 Å². The van der Waals surface area contributed by atoms with Gasteiger partial charge in [0.15, 0.2) is 0 Å². The third-order valence-corrected chi connectivity index (χ3v) is 3.92. The predicted octanol–water partition coefficient (Wildman–Crippen LogP) is 2.34. The van der Waals surface area contributed by atoms with Gasteiger partial charge in [-0.1, -0.05) is 12.1 Å². The van der Waals surface area contributed by atoms with Crippen molar-refractivity contribution in [2.45, 2.75) is 26.4 Å². The van der Waals surface area contributed by atoms with E-state index in [0.29, 0.717) is 6.04 Å². The van der Waals surface area contributed by atoms with E-state index in [1.54, 1.807) is 0 Å².